The minimum absolute atomic E-state index is 0.0735. The highest BCUT2D eigenvalue weighted by Crippen LogP contribution is 2.21. The Morgan fingerprint density at radius 2 is 1.40 bits per heavy atom. The van der Waals surface area contributed by atoms with Gasteiger partial charge >= 0.3 is 0 Å². The van der Waals surface area contributed by atoms with Crippen LogP contribution in [0.2, 0.25) is 0 Å². The van der Waals surface area contributed by atoms with Gasteiger partial charge in [0.2, 0.25) is 53.2 Å². The molecule has 2 saturated heterocycles. The lowest BCUT2D eigenvalue weighted by Crippen LogP contribution is -2.63. The van der Waals surface area contributed by atoms with E-state index in [1.807, 2.05) is 38.1 Å². The molecule has 2 aliphatic heterocycles. The number of para-hydroxylation sites is 1. The van der Waals surface area contributed by atoms with Gasteiger partial charge in [0, 0.05) is 42.9 Å². The lowest BCUT2D eigenvalue weighted by Gasteiger charge is -2.31. The molecule has 0 spiro atoms. The number of benzene rings is 2. The Labute approximate surface area is 387 Å². The van der Waals surface area contributed by atoms with Crippen LogP contribution in [0, 0.1) is 5.92 Å². The lowest BCUT2D eigenvalue weighted by molar-refractivity contribution is -0.144. The summed E-state index contributed by atoms with van der Waals surface area (Å²) in [7, 11) is 0. The van der Waals surface area contributed by atoms with Crippen molar-refractivity contribution in [2.24, 2.45) is 11.7 Å². The second-order valence-corrected chi connectivity index (χ2v) is 17.5. The number of hydrogen-bond donors (Lipinski definition) is 11. The highest BCUT2D eigenvalue weighted by molar-refractivity contribution is 5.98. The molecular formula is C46H62N10O11. The third-order valence-corrected chi connectivity index (χ3v) is 11.7. The van der Waals surface area contributed by atoms with Crippen LogP contribution in [0.4, 0.5) is 0 Å². The van der Waals surface area contributed by atoms with Gasteiger partial charge in [0.05, 0.1) is 18.8 Å². The number of aliphatic hydroxyl groups excluding tert-OH is 2. The first-order valence-electron chi connectivity index (χ1n) is 22.5. The third-order valence-electron chi connectivity index (χ3n) is 11.7. The Bertz CT molecular complexity index is 2280. The van der Waals surface area contributed by atoms with Crippen molar-refractivity contribution in [3.05, 3.63) is 71.9 Å². The van der Waals surface area contributed by atoms with Crippen molar-refractivity contribution in [2.75, 3.05) is 13.1 Å². The number of carbonyl (C=O) groups is 9. The maximum Gasteiger partial charge on any atom is 0.248 e. The summed E-state index contributed by atoms with van der Waals surface area (Å²) >= 11 is 0. The Hall–Kier alpha value is -6.87. The van der Waals surface area contributed by atoms with Crippen LogP contribution in [-0.2, 0) is 56.0 Å². The van der Waals surface area contributed by atoms with Crippen LogP contribution in [0.3, 0.4) is 0 Å². The normalized spacial score (nSPS) is 18.9. The number of H-pyrrole nitrogens is 1. The number of likely N-dealkylation sites (tertiary alicyclic amines) is 1. The van der Waals surface area contributed by atoms with Crippen molar-refractivity contribution in [3.63, 3.8) is 0 Å². The first-order valence-corrected chi connectivity index (χ1v) is 22.5. The molecule has 0 unspecified atom stereocenters. The van der Waals surface area contributed by atoms with Crippen molar-refractivity contribution in [1.29, 1.82) is 0 Å². The lowest BCUT2D eigenvalue weighted by atomic mass is 10.0. The van der Waals surface area contributed by atoms with Crippen molar-refractivity contribution >= 4 is 64.1 Å². The number of aromatic amines is 1. The summed E-state index contributed by atoms with van der Waals surface area (Å²) in [5.74, 6) is -6.65. The van der Waals surface area contributed by atoms with E-state index in [9.17, 15) is 53.4 Å². The molecule has 2 fully saturated rings. The van der Waals surface area contributed by atoms with E-state index in [0.717, 1.165) is 16.5 Å². The van der Waals surface area contributed by atoms with Crippen LogP contribution >= 0.6 is 0 Å². The highest BCUT2D eigenvalue weighted by Gasteiger charge is 2.41. The van der Waals surface area contributed by atoms with Crippen molar-refractivity contribution in [1.82, 2.24) is 47.1 Å². The number of nitrogens with zero attached hydrogens (tertiary/aromatic N) is 1. The molecule has 2 aliphatic rings. The van der Waals surface area contributed by atoms with E-state index in [-0.39, 0.29) is 56.9 Å². The number of fused-ring (bicyclic) bond motifs is 1. The molecule has 2 aromatic carbocycles. The molecule has 0 aliphatic carbocycles. The second-order valence-electron chi connectivity index (χ2n) is 17.5. The van der Waals surface area contributed by atoms with Gasteiger partial charge < -0.3 is 63.0 Å². The molecule has 21 nitrogen and oxygen atoms in total. The highest BCUT2D eigenvalue weighted by atomic mass is 16.3. The summed E-state index contributed by atoms with van der Waals surface area (Å²) in [6.07, 6.45) is -0.199. The van der Waals surface area contributed by atoms with Gasteiger partial charge in [-0.1, -0.05) is 62.4 Å². The number of nitrogens with one attached hydrogen (secondary N) is 8. The van der Waals surface area contributed by atoms with Crippen LogP contribution in [0.5, 0.6) is 0 Å². The van der Waals surface area contributed by atoms with E-state index < -0.39 is 108 Å². The maximum absolute atomic E-state index is 14.1. The fourth-order valence-electron chi connectivity index (χ4n) is 8.16. The quantitative estimate of drug-likeness (QED) is 0.0527. The first kappa shape index (κ1) is 51.1. The average Bonchev–Trinajstić information content (AvgIpc) is 4.06. The van der Waals surface area contributed by atoms with E-state index in [2.05, 4.69) is 42.2 Å². The predicted octanol–water partition coefficient (Wildman–Crippen LogP) is -1.94. The summed E-state index contributed by atoms with van der Waals surface area (Å²) in [5, 5.41) is 40.3. The number of hydrogen-bond acceptors (Lipinski definition) is 11. The summed E-state index contributed by atoms with van der Waals surface area (Å²) in [6.45, 7) is 5.68. The molecule has 5 rings (SSSR count). The Morgan fingerprint density at radius 1 is 0.746 bits per heavy atom. The van der Waals surface area contributed by atoms with Gasteiger partial charge in [-0.15, -0.1) is 0 Å². The molecule has 1 aromatic heterocycles. The minimum Gasteiger partial charge on any atom is -0.391 e. The summed E-state index contributed by atoms with van der Waals surface area (Å²) < 4.78 is 0. The van der Waals surface area contributed by atoms with Crippen LogP contribution < -0.4 is 43.0 Å². The van der Waals surface area contributed by atoms with Gasteiger partial charge in [0.15, 0.2) is 0 Å². The largest absolute Gasteiger partial charge is 0.391 e. The number of rotatable bonds is 22. The Morgan fingerprint density at radius 3 is 2.04 bits per heavy atom. The predicted molar refractivity (Wildman–Crippen MR) is 243 cm³/mol. The van der Waals surface area contributed by atoms with E-state index in [0.29, 0.717) is 12.0 Å². The number of amides is 9. The Balaban J connectivity index is 1.24. The van der Waals surface area contributed by atoms with E-state index in [1.54, 1.807) is 36.5 Å². The number of primary amides is 1. The van der Waals surface area contributed by atoms with Gasteiger partial charge in [0.1, 0.15) is 42.3 Å². The van der Waals surface area contributed by atoms with Gasteiger partial charge in [0.25, 0.3) is 0 Å². The van der Waals surface area contributed by atoms with Gasteiger partial charge in [-0.3, -0.25) is 43.2 Å². The van der Waals surface area contributed by atoms with Crippen molar-refractivity contribution < 1.29 is 53.4 Å². The number of aromatic nitrogens is 1. The summed E-state index contributed by atoms with van der Waals surface area (Å²) in [6, 6.07) is 7.10. The van der Waals surface area contributed by atoms with Crippen LogP contribution in [0.25, 0.3) is 10.9 Å². The molecule has 3 aromatic rings. The molecule has 0 radical (unpaired) electrons. The fourth-order valence-corrected chi connectivity index (χ4v) is 8.16. The first-order chi connectivity index (χ1) is 31.8. The van der Waals surface area contributed by atoms with E-state index in [1.165, 1.54) is 18.7 Å². The monoisotopic (exact) mass is 930 g/mol. The summed E-state index contributed by atoms with van der Waals surface area (Å²) in [4.78, 5) is 124. The van der Waals surface area contributed by atoms with Gasteiger partial charge in [-0.25, -0.2) is 0 Å². The molecule has 12 N–H and O–H groups in total. The molecule has 9 atom stereocenters. The topological polar surface area (TPSA) is 323 Å². The van der Waals surface area contributed by atoms with Crippen LogP contribution in [-0.4, -0.2) is 141 Å². The number of aliphatic hydroxyl groups is 2. The SMILES string of the molecule is CC(C)C[C@H](NC(=O)[C@@H]1CCC(=O)N1)C(=O)N[C@H](C(=O)N[C@@H](Cc1ccccc1)C(=O)N[C@H](C(=O)N1CCC[C@H]1C(=O)NCC(=O)N[C@@H](Cc1c[nH]c2ccccc12)C(N)=O)[C@@H](C)O)[C@@H](C)O. The van der Waals surface area contributed by atoms with Crippen LogP contribution in [0.15, 0.2) is 60.8 Å². The fraction of sp³-hybridized carbons (Fsp3) is 0.500. The molecule has 0 saturated carbocycles. The smallest absolute Gasteiger partial charge is 0.248 e. The molecule has 21 heteroatoms. The zero-order valence-corrected chi connectivity index (χ0v) is 38.0. The molecule has 67 heavy (non-hydrogen) atoms. The standard InChI is InChI=1S/C46H62N10O11/c1-24(2)19-33(52-41(62)31-16-17-36(59)50-31)42(63)54-38(25(3)57)45(66)53-34(20-27-11-6-5-7-12-27)43(64)55-39(26(4)58)46(67)56-18-10-15-35(56)44(65)49-23-37(60)51-32(40(47)61)21-28-22-48-30-14-9-8-13-29(28)30/h5-9,11-14,22,24-26,31-35,38-39,48,57-58H,10,15-21,23H2,1-4H3,(H2,47,61)(H,49,65)(H,50,59)(H,51,60)(H,52,62)(H,53,66)(H,54,63)(H,55,64)/t25-,26-,31+,32+,33+,34+,35+,38+,39+/m1/s1. The molecule has 3 heterocycles. The van der Waals surface area contributed by atoms with E-state index >= 15 is 0 Å². The molecule has 0 bridgehead atoms. The second kappa shape index (κ2) is 23.5. The minimum atomic E-state index is -1.63. The summed E-state index contributed by atoms with van der Waals surface area (Å²) in [5.41, 5.74) is 7.77. The number of nitrogens with two attached hydrogens (primary N) is 1. The van der Waals surface area contributed by atoms with Gasteiger partial charge in [-0.2, -0.15) is 0 Å². The molecule has 362 valence electrons. The van der Waals surface area contributed by atoms with Crippen molar-refractivity contribution in [3.8, 4) is 0 Å². The number of carbonyl (C=O) groups excluding carboxylic acids is 9. The Kier molecular flexibility index (Phi) is 18.0. The maximum atomic E-state index is 14.1. The zero-order valence-electron chi connectivity index (χ0n) is 38.0. The third kappa shape index (κ3) is 14.1. The molecule has 9 amide bonds. The van der Waals surface area contributed by atoms with Crippen LogP contribution in [0.1, 0.15) is 70.9 Å². The van der Waals surface area contributed by atoms with E-state index in [4.69, 9.17) is 5.73 Å². The average molecular weight is 931 g/mol. The zero-order chi connectivity index (χ0) is 48.9. The molecular weight excluding hydrogens is 869 g/mol. The van der Waals surface area contributed by atoms with Crippen molar-refractivity contribution in [2.45, 2.75) is 127 Å². The van der Waals surface area contributed by atoms with Gasteiger partial charge in [-0.05, 0) is 62.6 Å².